The Balaban J connectivity index is 1.54. The van der Waals surface area contributed by atoms with Crippen LogP contribution in [0.1, 0.15) is 39.6 Å². The van der Waals surface area contributed by atoms with Gasteiger partial charge in [0.1, 0.15) is 11.5 Å². The molecule has 6 heteroatoms. The molecule has 2 aromatic carbocycles. The maximum absolute atomic E-state index is 12.3. The number of amides is 1. The number of hydrogen-bond donors (Lipinski definition) is 2. The van der Waals surface area contributed by atoms with Gasteiger partial charge in [-0.2, -0.15) is 0 Å². The SMILES string of the molecule is CCOC(=O)c1ccc(-c2ccc(C3NC(=O)c4ccccc4N3)o2)cc1. The summed E-state index contributed by atoms with van der Waals surface area (Å²) in [5.41, 5.74) is 2.69. The molecule has 1 aromatic heterocycles. The van der Waals surface area contributed by atoms with Gasteiger partial charge in [-0.1, -0.05) is 24.3 Å². The van der Waals surface area contributed by atoms with Crippen LogP contribution in [-0.4, -0.2) is 18.5 Å². The summed E-state index contributed by atoms with van der Waals surface area (Å²) in [4.78, 5) is 24.0. The van der Waals surface area contributed by atoms with E-state index in [4.69, 9.17) is 9.15 Å². The molecule has 6 nitrogen and oxygen atoms in total. The Morgan fingerprint density at radius 2 is 1.81 bits per heavy atom. The fraction of sp³-hybridized carbons (Fsp3) is 0.143. The molecule has 1 aliphatic heterocycles. The lowest BCUT2D eigenvalue weighted by molar-refractivity contribution is 0.0526. The summed E-state index contributed by atoms with van der Waals surface area (Å²) in [6.45, 7) is 2.11. The number of para-hydroxylation sites is 1. The van der Waals surface area contributed by atoms with Gasteiger partial charge in [0.25, 0.3) is 5.91 Å². The molecule has 1 atom stereocenters. The van der Waals surface area contributed by atoms with Crippen LogP contribution >= 0.6 is 0 Å². The maximum Gasteiger partial charge on any atom is 0.338 e. The van der Waals surface area contributed by atoms with Crippen molar-refractivity contribution in [1.82, 2.24) is 5.32 Å². The number of fused-ring (bicyclic) bond motifs is 1. The summed E-state index contributed by atoms with van der Waals surface area (Å²) in [7, 11) is 0. The maximum atomic E-state index is 12.3. The molecule has 3 aromatic rings. The van der Waals surface area contributed by atoms with Crippen LogP contribution in [0.2, 0.25) is 0 Å². The first-order valence-corrected chi connectivity index (χ1v) is 8.69. The first-order valence-electron chi connectivity index (χ1n) is 8.69. The van der Waals surface area contributed by atoms with E-state index in [1.54, 1.807) is 37.3 Å². The second kappa shape index (κ2) is 6.99. The zero-order valence-electron chi connectivity index (χ0n) is 14.7. The van der Waals surface area contributed by atoms with Gasteiger partial charge in [-0.05, 0) is 43.3 Å². The van der Waals surface area contributed by atoms with Gasteiger partial charge in [-0.15, -0.1) is 0 Å². The van der Waals surface area contributed by atoms with Crippen molar-refractivity contribution >= 4 is 17.6 Å². The smallest absolute Gasteiger partial charge is 0.338 e. The van der Waals surface area contributed by atoms with Crippen molar-refractivity contribution in [2.24, 2.45) is 0 Å². The average molecular weight is 362 g/mol. The number of nitrogens with one attached hydrogen (secondary N) is 2. The number of carbonyl (C=O) groups is 2. The zero-order chi connectivity index (χ0) is 18.8. The Morgan fingerprint density at radius 3 is 2.59 bits per heavy atom. The van der Waals surface area contributed by atoms with E-state index >= 15 is 0 Å². The van der Waals surface area contributed by atoms with E-state index in [2.05, 4.69) is 10.6 Å². The highest BCUT2D eigenvalue weighted by Crippen LogP contribution is 2.30. The first-order chi connectivity index (χ1) is 13.2. The first kappa shape index (κ1) is 16.9. The van der Waals surface area contributed by atoms with Crippen molar-refractivity contribution in [1.29, 1.82) is 0 Å². The summed E-state index contributed by atoms with van der Waals surface area (Å²) in [5.74, 6) is 0.751. The number of anilines is 1. The molecule has 2 heterocycles. The van der Waals surface area contributed by atoms with Crippen molar-refractivity contribution in [2.45, 2.75) is 13.1 Å². The molecule has 27 heavy (non-hydrogen) atoms. The molecule has 1 unspecified atom stereocenters. The van der Waals surface area contributed by atoms with Crippen LogP contribution in [0.4, 0.5) is 5.69 Å². The van der Waals surface area contributed by atoms with Crippen LogP contribution in [0.5, 0.6) is 0 Å². The normalized spacial score (nSPS) is 15.4. The third-order valence-electron chi connectivity index (χ3n) is 4.34. The summed E-state index contributed by atoms with van der Waals surface area (Å²) >= 11 is 0. The van der Waals surface area contributed by atoms with Crippen LogP contribution in [0.25, 0.3) is 11.3 Å². The van der Waals surface area contributed by atoms with E-state index < -0.39 is 6.17 Å². The third kappa shape index (κ3) is 3.29. The largest absolute Gasteiger partial charge is 0.462 e. The van der Waals surface area contributed by atoms with Crippen LogP contribution in [0.15, 0.2) is 65.1 Å². The van der Waals surface area contributed by atoms with Crippen molar-refractivity contribution in [2.75, 3.05) is 11.9 Å². The second-order valence-corrected chi connectivity index (χ2v) is 6.10. The minimum atomic E-state index is -0.444. The molecule has 2 N–H and O–H groups in total. The van der Waals surface area contributed by atoms with Crippen molar-refractivity contribution in [3.05, 3.63) is 77.6 Å². The number of benzene rings is 2. The number of esters is 1. The van der Waals surface area contributed by atoms with Gasteiger partial charge in [0.15, 0.2) is 6.17 Å². The fourth-order valence-corrected chi connectivity index (χ4v) is 3.00. The summed E-state index contributed by atoms with van der Waals surface area (Å²) < 4.78 is 10.9. The molecule has 0 aliphatic carbocycles. The number of carbonyl (C=O) groups excluding carboxylic acids is 2. The molecule has 0 saturated heterocycles. The molecule has 4 rings (SSSR count). The van der Waals surface area contributed by atoms with Crippen LogP contribution in [-0.2, 0) is 4.74 Å². The van der Waals surface area contributed by atoms with Gasteiger partial charge in [-0.3, -0.25) is 4.79 Å². The molecule has 0 saturated carbocycles. The molecule has 0 fully saturated rings. The highest BCUT2D eigenvalue weighted by atomic mass is 16.5. The lowest BCUT2D eigenvalue weighted by Crippen LogP contribution is -2.38. The number of furan rings is 1. The minimum absolute atomic E-state index is 0.147. The predicted octanol–water partition coefficient (Wildman–Crippen LogP) is 3.98. The highest BCUT2D eigenvalue weighted by molar-refractivity contribution is 6.01. The van der Waals surface area contributed by atoms with Gasteiger partial charge < -0.3 is 19.8 Å². The van der Waals surface area contributed by atoms with Crippen LogP contribution < -0.4 is 10.6 Å². The van der Waals surface area contributed by atoms with Crippen molar-refractivity contribution < 1.29 is 18.7 Å². The summed E-state index contributed by atoms with van der Waals surface area (Å²) in [6, 6.07) is 18.0. The van der Waals surface area contributed by atoms with Gasteiger partial charge in [-0.25, -0.2) is 4.79 Å². The van der Waals surface area contributed by atoms with Crippen LogP contribution in [0.3, 0.4) is 0 Å². The molecular formula is C21H18N2O4. The lowest BCUT2D eigenvalue weighted by atomic mass is 10.1. The Morgan fingerprint density at radius 1 is 1.04 bits per heavy atom. The van der Waals surface area contributed by atoms with Crippen LogP contribution in [0, 0.1) is 0 Å². The third-order valence-corrected chi connectivity index (χ3v) is 4.34. The summed E-state index contributed by atoms with van der Waals surface area (Å²) in [5, 5.41) is 6.15. The molecule has 0 spiro atoms. The van der Waals surface area contributed by atoms with Gasteiger partial charge in [0.2, 0.25) is 0 Å². The topological polar surface area (TPSA) is 80.6 Å². The Bertz CT molecular complexity index is 991. The van der Waals surface area contributed by atoms with E-state index in [0.717, 1.165) is 11.3 Å². The molecular weight excluding hydrogens is 344 g/mol. The summed E-state index contributed by atoms with van der Waals surface area (Å²) in [6.07, 6.45) is -0.444. The lowest BCUT2D eigenvalue weighted by Gasteiger charge is -2.26. The molecule has 0 radical (unpaired) electrons. The highest BCUT2D eigenvalue weighted by Gasteiger charge is 2.26. The standard InChI is InChI=1S/C21H18N2O4/c1-2-26-21(25)14-9-7-13(8-10-14)17-11-12-18(27-17)19-22-16-6-4-3-5-15(16)20(24)23-19/h3-12,19,22H,2H2,1H3,(H,23,24). The second-order valence-electron chi connectivity index (χ2n) is 6.10. The fourth-order valence-electron chi connectivity index (χ4n) is 3.00. The average Bonchev–Trinajstić information content (AvgIpc) is 3.18. The number of hydrogen-bond acceptors (Lipinski definition) is 5. The zero-order valence-corrected chi connectivity index (χ0v) is 14.7. The molecule has 1 aliphatic rings. The number of rotatable bonds is 4. The minimum Gasteiger partial charge on any atom is -0.462 e. The van der Waals surface area contributed by atoms with Gasteiger partial charge in [0.05, 0.1) is 17.7 Å². The predicted molar refractivity (Wildman–Crippen MR) is 100 cm³/mol. The molecule has 1 amide bonds. The van der Waals surface area contributed by atoms with E-state index in [-0.39, 0.29) is 11.9 Å². The number of ether oxygens (including phenoxy) is 1. The Labute approximate surface area is 156 Å². The van der Waals surface area contributed by atoms with E-state index in [9.17, 15) is 9.59 Å². The van der Waals surface area contributed by atoms with E-state index in [1.165, 1.54) is 0 Å². The molecule has 136 valence electrons. The Hall–Kier alpha value is -3.54. The Kier molecular flexibility index (Phi) is 4.38. The monoisotopic (exact) mass is 362 g/mol. The van der Waals surface area contributed by atoms with E-state index in [0.29, 0.717) is 29.3 Å². The quantitative estimate of drug-likeness (QED) is 0.686. The van der Waals surface area contributed by atoms with E-state index in [1.807, 2.05) is 30.3 Å². The van der Waals surface area contributed by atoms with Gasteiger partial charge >= 0.3 is 5.97 Å². The van der Waals surface area contributed by atoms with Gasteiger partial charge in [0, 0.05) is 11.3 Å². The molecule has 0 bridgehead atoms. The van der Waals surface area contributed by atoms with Crippen molar-refractivity contribution in [3.63, 3.8) is 0 Å². The van der Waals surface area contributed by atoms with Crippen molar-refractivity contribution in [3.8, 4) is 11.3 Å².